The smallest absolute Gasteiger partial charge is 0.231 e. The zero-order valence-electron chi connectivity index (χ0n) is 16.6. The summed E-state index contributed by atoms with van der Waals surface area (Å²) in [4.78, 5) is 13.8. The van der Waals surface area contributed by atoms with Gasteiger partial charge in [0.25, 0.3) is 0 Å². The van der Waals surface area contributed by atoms with Crippen LogP contribution in [-0.4, -0.2) is 32.0 Å². The lowest BCUT2D eigenvalue weighted by atomic mass is 9.95. The zero-order chi connectivity index (χ0) is 20.1. The van der Waals surface area contributed by atoms with Gasteiger partial charge in [-0.25, -0.2) is 0 Å². The Hall–Kier alpha value is -1.85. The summed E-state index contributed by atoms with van der Waals surface area (Å²) in [5.74, 6) is 1.18. The largest absolute Gasteiger partial charge is 0.337 e. The minimum absolute atomic E-state index is 0.0866. The highest BCUT2D eigenvalue weighted by atomic mass is 32.2. The van der Waals surface area contributed by atoms with E-state index in [0.717, 1.165) is 55.9 Å². The van der Waals surface area contributed by atoms with Crippen molar-refractivity contribution in [3.8, 4) is 6.07 Å². The molecule has 6 nitrogen and oxygen atoms in total. The van der Waals surface area contributed by atoms with E-state index in [0.29, 0.717) is 6.04 Å². The van der Waals surface area contributed by atoms with Crippen LogP contribution in [0.25, 0.3) is 0 Å². The van der Waals surface area contributed by atoms with Gasteiger partial charge < -0.3 is 9.88 Å². The van der Waals surface area contributed by atoms with Crippen molar-refractivity contribution in [2.24, 2.45) is 0 Å². The molecule has 0 spiro atoms. The first kappa shape index (κ1) is 20.4. The van der Waals surface area contributed by atoms with Crippen LogP contribution in [0.2, 0.25) is 0 Å². The second-order valence-electron chi connectivity index (χ2n) is 8.05. The van der Waals surface area contributed by atoms with Crippen molar-refractivity contribution >= 4 is 29.0 Å². The molecule has 2 saturated carbocycles. The number of nitrogens with zero attached hydrogens (tertiary/aromatic N) is 4. The molecule has 2 aromatic heterocycles. The van der Waals surface area contributed by atoms with Crippen LogP contribution in [0.3, 0.4) is 0 Å². The van der Waals surface area contributed by atoms with Crippen molar-refractivity contribution in [2.75, 3.05) is 5.75 Å². The van der Waals surface area contributed by atoms with Gasteiger partial charge in [0.1, 0.15) is 11.4 Å². The normalized spacial score (nSPS) is 19.1. The van der Waals surface area contributed by atoms with Crippen LogP contribution < -0.4 is 5.32 Å². The summed E-state index contributed by atoms with van der Waals surface area (Å²) in [6, 6.07) is 6.94. The van der Waals surface area contributed by atoms with Gasteiger partial charge in [-0.3, -0.25) is 4.79 Å². The van der Waals surface area contributed by atoms with E-state index in [1.165, 1.54) is 35.9 Å². The van der Waals surface area contributed by atoms with Crippen LogP contribution in [0, 0.1) is 11.3 Å². The molecule has 0 aliphatic heterocycles. The molecular formula is C21H27N5OS2. The Morgan fingerprint density at radius 3 is 2.76 bits per heavy atom. The minimum atomic E-state index is -0.668. The third-order valence-corrected chi connectivity index (χ3v) is 7.79. The SMILES string of the molecule is N#CC1(NC(=O)CSc2nnc(Cc3cccs3)n2C2CCCCC2)CCCC1. The Morgan fingerprint density at radius 1 is 1.28 bits per heavy atom. The highest BCUT2D eigenvalue weighted by Crippen LogP contribution is 2.34. The Kier molecular flexibility index (Phi) is 6.56. The highest BCUT2D eigenvalue weighted by molar-refractivity contribution is 7.99. The van der Waals surface area contributed by atoms with E-state index in [-0.39, 0.29) is 11.7 Å². The number of amides is 1. The van der Waals surface area contributed by atoms with Gasteiger partial charge in [0.2, 0.25) is 5.91 Å². The molecule has 1 N–H and O–H groups in total. The number of carbonyl (C=O) groups excluding carboxylic acids is 1. The second-order valence-corrected chi connectivity index (χ2v) is 10.0. The number of carbonyl (C=O) groups is 1. The molecule has 4 rings (SSSR count). The van der Waals surface area contributed by atoms with Crippen molar-refractivity contribution < 1.29 is 4.79 Å². The Morgan fingerprint density at radius 2 is 2.07 bits per heavy atom. The van der Waals surface area contributed by atoms with E-state index in [1.54, 1.807) is 11.3 Å². The number of thioether (sulfide) groups is 1. The first-order valence-electron chi connectivity index (χ1n) is 10.5. The standard InChI is InChI=1S/C21H27N5OS2/c22-15-21(10-4-5-11-21)23-19(27)14-29-20-25-24-18(13-17-9-6-12-28-17)26(20)16-7-2-1-3-8-16/h6,9,12,16H,1-5,7-8,10-11,13-14H2,(H,23,27). The van der Waals surface area contributed by atoms with Crippen molar-refractivity contribution in [1.29, 1.82) is 5.26 Å². The molecule has 2 aromatic rings. The van der Waals surface area contributed by atoms with Crippen molar-refractivity contribution in [3.05, 3.63) is 28.2 Å². The maximum absolute atomic E-state index is 12.5. The molecule has 0 atom stereocenters. The molecule has 1 amide bonds. The van der Waals surface area contributed by atoms with Crippen LogP contribution in [0.15, 0.2) is 22.7 Å². The number of hydrogen-bond acceptors (Lipinski definition) is 6. The van der Waals surface area contributed by atoms with E-state index in [9.17, 15) is 10.1 Å². The predicted molar refractivity (Wildman–Crippen MR) is 115 cm³/mol. The van der Waals surface area contributed by atoms with Gasteiger partial charge in [-0.15, -0.1) is 21.5 Å². The van der Waals surface area contributed by atoms with E-state index in [2.05, 4.69) is 43.7 Å². The van der Waals surface area contributed by atoms with Crippen LogP contribution >= 0.6 is 23.1 Å². The summed E-state index contributed by atoms with van der Waals surface area (Å²) in [5.41, 5.74) is -0.668. The van der Waals surface area contributed by atoms with Gasteiger partial charge in [-0.05, 0) is 50.0 Å². The maximum Gasteiger partial charge on any atom is 0.231 e. The molecule has 8 heteroatoms. The molecule has 0 saturated heterocycles. The molecule has 2 aliphatic rings. The number of nitrogens with one attached hydrogen (secondary N) is 1. The molecule has 0 radical (unpaired) electrons. The number of nitriles is 1. The summed E-state index contributed by atoms with van der Waals surface area (Å²) < 4.78 is 2.28. The summed E-state index contributed by atoms with van der Waals surface area (Å²) in [6.45, 7) is 0. The van der Waals surface area contributed by atoms with Crippen molar-refractivity contribution in [3.63, 3.8) is 0 Å². The van der Waals surface area contributed by atoms with Gasteiger partial charge >= 0.3 is 0 Å². The predicted octanol–water partition coefficient (Wildman–Crippen LogP) is 4.48. The molecule has 154 valence electrons. The molecule has 2 fully saturated rings. The minimum Gasteiger partial charge on any atom is -0.337 e. The number of thiophene rings is 1. The number of rotatable bonds is 7. The van der Waals surface area contributed by atoms with Gasteiger partial charge in [0.15, 0.2) is 5.16 Å². The molecule has 0 unspecified atom stereocenters. The molecular weight excluding hydrogens is 402 g/mol. The summed E-state index contributed by atoms with van der Waals surface area (Å²) in [5, 5.41) is 24.3. The topological polar surface area (TPSA) is 83.6 Å². The van der Waals surface area contributed by atoms with Crippen molar-refractivity contribution in [1.82, 2.24) is 20.1 Å². The average Bonchev–Trinajstić information content (AvgIpc) is 3.49. The molecule has 2 heterocycles. The first-order valence-corrected chi connectivity index (χ1v) is 12.4. The molecule has 29 heavy (non-hydrogen) atoms. The maximum atomic E-state index is 12.5. The van der Waals surface area contributed by atoms with Crippen LogP contribution in [0.4, 0.5) is 0 Å². The zero-order valence-corrected chi connectivity index (χ0v) is 18.2. The molecule has 2 aliphatic carbocycles. The van der Waals surface area contributed by atoms with Gasteiger partial charge in [-0.1, -0.05) is 37.1 Å². The lowest BCUT2D eigenvalue weighted by molar-refractivity contribution is -0.119. The fourth-order valence-electron chi connectivity index (χ4n) is 4.48. The summed E-state index contributed by atoms with van der Waals surface area (Å²) in [7, 11) is 0. The van der Waals surface area contributed by atoms with E-state index in [1.807, 2.05) is 0 Å². The van der Waals surface area contributed by atoms with Crippen molar-refractivity contribution in [2.45, 2.75) is 80.9 Å². The summed E-state index contributed by atoms with van der Waals surface area (Å²) >= 11 is 3.18. The Labute approximate surface area is 180 Å². The van der Waals surface area contributed by atoms with Crippen LogP contribution in [-0.2, 0) is 11.2 Å². The van der Waals surface area contributed by atoms with Crippen LogP contribution in [0.1, 0.15) is 74.5 Å². The Bertz CT molecular complexity index is 858. The lowest BCUT2D eigenvalue weighted by Gasteiger charge is -2.26. The van der Waals surface area contributed by atoms with Gasteiger partial charge in [0.05, 0.1) is 11.8 Å². The first-order chi connectivity index (χ1) is 14.2. The fraction of sp³-hybridized carbons (Fsp3) is 0.619. The van der Waals surface area contributed by atoms with Crippen LogP contribution in [0.5, 0.6) is 0 Å². The fourth-order valence-corrected chi connectivity index (χ4v) is 6.00. The van der Waals surface area contributed by atoms with E-state index >= 15 is 0 Å². The average molecular weight is 430 g/mol. The third kappa shape index (κ3) is 4.84. The van der Waals surface area contributed by atoms with E-state index < -0.39 is 5.54 Å². The number of hydrogen-bond donors (Lipinski definition) is 1. The third-order valence-electron chi connectivity index (χ3n) is 5.97. The second kappa shape index (κ2) is 9.31. The highest BCUT2D eigenvalue weighted by Gasteiger charge is 2.35. The van der Waals surface area contributed by atoms with Gasteiger partial charge in [0, 0.05) is 17.3 Å². The molecule has 0 bridgehead atoms. The van der Waals surface area contributed by atoms with E-state index in [4.69, 9.17) is 0 Å². The lowest BCUT2D eigenvalue weighted by Crippen LogP contribution is -2.45. The Balaban J connectivity index is 1.46. The molecule has 0 aromatic carbocycles. The quantitative estimate of drug-likeness (QED) is 0.656. The van der Waals surface area contributed by atoms with Gasteiger partial charge in [-0.2, -0.15) is 5.26 Å². The number of aromatic nitrogens is 3. The summed E-state index contributed by atoms with van der Waals surface area (Å²) in [6.07, 6.45) is 10.3. The monoisotopic (exact) mass is 429 g/mol.